The first kappa shape index (κ1) is 17.7. The van der Waals surface area contributed by atoms with Crippen molar-refractivity contribution in [3.63, 3.8) is 0 Å². The molecular formula is C21H24N4O2. The number of nitrogens with zero attached hydrogens (tertiary/aromatic N) is 2. The van der Waals surface area contributed by atoms with E-state index in [4.69, 9.17) is 4.74 Å². The van der Waals surface area contributed by atoms with E-state index in [1.807, 2.05) is 24.4 Å². The Bertz CT molecular complexity index is 957. The molecule has 1 aromatic carbocycles. The molecule has 1 saturated heterocycles. The van der Waals surface area contributed by atoms with Crippen LogP contribution in [0, 0.1) is 0 Å². The largest absolute Gasteiger partial charge is 0.379 e. The number of hydrogen-bond acceptors (Lipinski definition) is 4. The molecule has 3 aromatic rings. The summed E-state index contributed by atoms with van der Waals surface area (Å²) in [4.78, 5) is 22.2. The number of ether oxygens (including phenoxy) is 1. The molecule has 3 heterocycles. The van der Waals surface area contributed by atoms with Gasteiger partial charge in [-0.15, -0.1) is 0 Å². The lowest BCUT2D eigenvalue weighted by Gasteiger charge is -2.26. The third kappa shape index (κ3) is 4.35. The molecular weight excluding hydrogens is 340 g/mol. The van der Waals surface area contributed by atoms with Crippen molar-refractivity contribution in [1.29, 1.82) is 0 Å². The number of hydrogen-bond donors (Lipinski definition) is 2. The van der Waals surface area contributed by atoms with Gasteiger partial charge in [0.05, 0.1) is 30.6 Å². The molecule has 0 unspecified atom stereocenters. The molecule has 2 aromatic heterocycles. The van der Waals surface area contributed by atoms with Gasteiger partial charge < -0.3 is 15.0 Å². The highest BCUT2D eigenvalue weighted by Crippen LogP contribution is 2.25. The van der Waals surface area contributed by atoms with Crippen molar-refractivity contribution in [2.45, 2.75) is 6.42 Å². The van der Waals surface area contributed by atoms with Gasteiger partial charge in [0.15, 0.2) is 0 Å². The van der Waals surface area contributed by atoms with E-state index < -0.39 is 0 Å². The predicted molar refractivity (Wildman–Crippen MR) is 108 cm³/mol. The molecule has 0 saturated carbocycles. The minimum Gasteiger partial charge on any atom is -0.379 e. The molecule has 1 aliphatic rings. The second-order valence-corrected chi connectivity index (χ2v) is 6.76. The van der Waals surface area contributed by atoms with E-state index in [9.17, 15) is 4.79 Å². The van der Waals surface area contributed by atoms with Gasteiger partial charge in [-0.05, 0) is 31.2 Å². The fraction of sp³-hybridized carbons (Fsp3) is 0.333. The number of amides is 1. The van der Waals surface area contributed by atoms with Crippen molar-refractivity contribution in [2.75, 3.05) is 39.4 Å². The first-order valence-corrected chi connectivity index (χ1v) is 9.42. The number of aromatic amines is 1. The summed E-state index contributed by atoms with van der Waals surface area (Å²) in [6.07, 6.45) is 6.07. The molecule has 1 fully saturated rings. The molecule has 6 heteroatoms. The molecule has 0 aliphatic carbocycles. The molecule has 4 rings (SSSR count). The maximum atomic E-state index is 12.0. The number of morpholine rings is 1. The number of H-pyrrole nitrogens is 1. The van der Waals surface area contributed by atoms with E-state index >= 15 is 0 Å². The van der Waals surface area contributed by atoms with Crippen LogP contribution >= 0.6 is 0 Å². The Hall–Kier alpha value is -2.70. The van der Waals surface area contributed by atoms with Crippen molar-refractivity contribution in [3.8, 4) is 0 Å². The zero-order valence-electron chi connectivity index (χ0n) is 15.3. The Balaban J connectivity index is 1.31. The summed E-state index contributed by atoms with van der Waals surface area (Å²) in [6.45, 7) is 5.25. The highest BCUT2D eigenvalue weighted by atomic mass is 16.5. The van der Waals surface area contributed by atoms with Gasteiger partial charge in [-0.1, -0.05) is 18.2 Å². The molecule has 0 spiro atoms. The first-order chi connectivity index (χ1) is 13.3. The van der Waals surface area contributed by atoms with Crippen molar-refractivity contribution < 1.29 is 9.53 Å². The smallest absolute Gasteiger partial charge is 0.244 e. The van der Waals surface area contributed by atoms with Gasteiger partial charge in [0.1, 0.15) is 0 Å². The number of fused-ring (bicyclic) bond motifs is 3. The number of carbonyl (C=O) groups excluding carboxylic acids is 1. The van der Waals surface area contributed by atoms with Crippen LogP contribution in [-0.4, -0.2) is 60.2 Å². The van der Waals surface area contributed by atoms with E-state index in [1.165, 1.54) is 0 Å². The summed E-state index contributed by atoms with van der Waals surface area (Å²) in [5.41, 5.74) is 2.87. The molecule has 0 atom stereocenters. The van der Waals surface area contributed by atoms with E-state index in [2.05, 4.69) is 32.3 Å². The summed E-state index contributed by atoms with van der Waals surface area (Å²) < 4.78 is 5.34. The maximum Gasteiger partial charge on any atom is 0.244 e. The zero-order chi connectivity index (χ0) is 18.5. The van der Waals surface area contributed by atoms with Crippen molar-refractivity contribution in [1.82, 2.24) is 20.2 Å². The summed E-state index contributed by atoms with van der Waals surface area (Å²) in [6, 6.07) is 10.2. The third-order valence-electron chi connectivity index (χ3n) is 4.87. The van der Waals surface area contributed by atoms with Crippen LogP contribution in [0.4, 0.5) is 0 Å². The number of pyridine rings is 1. The highest BCUT2D eigenvalue weighted by molar-refractivity contribution is 6.07. The Morgan fingerprint density at radius 3 is 2.96 bits per heavy atom. The molecule has 0 bridgehead atoms. The number of para-hydroxylation sites is 1. The maximum absolute atomic E-state index is 12.0. The average Bonchev–Trinajstić information content (AvgIpc) is 3.08. The average molecular weight is 364 g/mol. The molecule has 1 amide bonds. The second-order valence-electron chi connectivity index (χ2n) is 6.76. The van der Waals surface area contributed by atoms with Crippen LogP contribution in [-0.2, 0) is 9.53 Å². The Kier molecular flexibility index (Phi) is 5.46. The molecule has 6 nitrogen and oxygen atoms in total. The highest BCUT2D eigenvalue weighted by Gasteiger charge is 2.09. The molecule has 1 aliphatic heterocycles. The van der Waals surface area contributed by atoms with Gasteiger partial charge in [0.2, 0.25) is 5.91 Å². The molecule has 2 N–H and O–H groups in total. The van der Waals surface area contributed by atoms with Gasteiger partial charge in [0, 0.05) is 42.0 Å². The van der Waals surface area contributed by atoms with Gasteiger partial charge in [-0.2, -0.15) is 0 Å². The SMILES string of the molecule is O=C(/C=C/c1cc2c(cn1)[nH]c1ccccc12)NCCCN1CCOCC1. The van der Waals surface area contributed by atoms with Crippen molar-refractivity contribution >= 4 is 33.8 Å². The number of aromatic nitrogens is 2. The Morgan fingerprint density at radius 2 is 2.07 bits per heavy atom. The van der Waals surface area contributed by atoms with Crippen LogP contribution in [0.25, 0.3) is 27.9 Å². The lowest BCUT2D eigenvalue weighted by molar-refractivity contribution is -0.116. The zero-order valence-corrected chi connectivity index (χ0v) is 15.3. The minimum atomic E-state index is -0.0854. The number of benzene rings is 1. The molecule has 27 heavy (non-hydrogen) atoms. The normalized spacial score (nSPS) is 15.7. The van der Waals surface area contributed by atoms with Gasteiger partial charge >= 0.3 is 0 Å². The standard InChI is InChI=1S/C21H24N4O2/c26-21(22-8-3-9-25-10-12-27-13-11-25)7-6-16-14-18-17-4-1-2-5-19(17)24-20(18)15-23-16/h1-2,4-7,14-15,24H,3,8-13H2,(H,22,26)/b7-6+. The molecule has 140 valence electrons. The van der Waals surface area contributed by atoms with E-state index in [-0.39, 0.29) is 5.91 Å². The number of rotatable bonds is 6. The van der Waals surface area contributed by atoms with Crippen LogP contribution < -0.4 is 5.32 Å². The second kappa shape index (κ2) is 8.33. The van der Waals surface area contributed by atoms with E-state index in [0.717, 1.165) is 66.8 Å². The summed E-state index contributed by atoms with van der Waals surface area (Å²) >= 11 is 0. The van der Waals surface area contributed by atoms with E-state index in [0.29, 0.717) is 6.54 Å². The van der Waals surface area contributed by atoms with Gasteiger partial charge in [0.25, 0.3) is 0 Å². The summed E-state index contributed by atoms with van der Waals surface area (Å²) in [5, 5.41) is 5.22. The topological polar surface area (TPSA) is 70.2 Å². The van der Waals surface area contributed by atoms with Crippen LogP contribution in [0.3, 0.4) is 0 Å². The molecule has 0 radical (unpaired) electrons. The van der Waals surface area contributed by atoms with E-state index in [1.54, 1.807) is 12.2 Å². The quantitative estimate of drug-likeness (QED) is 0.521. The Morgan fingerprint density at radius 1 is 1.22 bits per heavy atom. The lowest BCUT2D eigenvalue weighted by atomic mass is 10.1. The number of nitrogens with one attached hydrogen (secondary N) is 2. The fourth-order valence-electron chi connectivity index (χ4n) is 3.42. The fourth-order valence-corrected chi connectivity index (χ4v) is 3.42. The first-order valence-electron chi connectivity index (χ1n) is 9.42. The number of carbonyl (C=O) groups is 1. The van der Waals surface area contributed by atoms with Crippen LogP contribution in [0.2, 0.25) is 0 Å². The third-order valence-corrected chi connectivity index (χ3v) is 4.87. The summed E-state index contributed by atoms with van der Waals surface area (Å²) in [5.74, 6) is -0.0854. The van der Waals surface area contributed by atoms with Crippen molar-refractivity contribution in [2.24, 2.45) is 0 Å². The summed E-state index contributed by atoms with van der Waals surface area (Å²) in [7, 11) is 0. The monoisotopic (exact) mass is 364 g/mol. The minimum absolute atomic E-state index is 0.0854. The Labute approximate surface area is 158 Å². The van der Waals surface area contributed by atoms with Crippen LogP contribution in [0.5, 0.6) is 0 Å². The van der Waals surface area contributed by atoms with Crippen LogP contribution in [0.15, 0.2) is 42.6 Å². The predicted octanol–water partition coefficient (Wildman–Crippen LogP) is 2.57. The van der Waals surface area contributed by atoms with Crippen molar-refractivity contribution in [3.05, 3.63) is 48.3 Å². The van der Waals surface area contributed by atoms with Crippen LogP contribution in [0.1, 0.15) is 12.1 Å². The van der Waals surface area contributed by atoms with Gasteiger partial charge in [-0.3, -0.25) is 14.7 Å². The van der Waals surface area contributed by atoms with Gasteiger partial charge in [-0.25, -0.2) is 0 Å². The lowest BCUT2D eigenvalue weighted by Crippen LogP contribution is -2.38.